The average Bonchev–Trinajstić information content (AvgIpc) is 3.36. The summed E-state index contributed by atoms with van der Waals surface area (Å²) in [6.45, 7) is 8.44. The van der Waals surface area contributed by atoms with E-state index in [0.717, 1.165) is 41.9 Å². The Morgan fingerprint density at radius 2 is 2.21 bits per heavy atom. The number of nitrogens with zero attached hydrogens (tertiary/aromatic N) is 4. The molecule has 1 atom stereocenters. The number of benzene rings is 1. The van der Waals surface area contributed by atoms with Gasteiger partial charge in [0.05, 0.1) is 17.8 Å². The third-order valence-corrected chi connectivity index (χ3v) is 5.57. The summed E-state index contributed by atoms with van der Waals surface area (Å²) in [5.74, 6) is 0.618. The molecule has 0 unspecified atom stereocenters. The lowest BCUT2D eigenvalue weighted by Gasteiger charge is -2.27. The van der Waals surface area contributed by atoms with Crippen LogP contribution in [-0.4, -0.2) is 26.9 Å². The van der Waals surface area contributed by atoms with Crippen molar-refractivity contribution in [3.8, 4) is 0 Å². The van der Waals surface area contributed by atoms with Gasteiger partial charge in [-0.1, -0.05) is 12.6 Å². The lowest BCUT2D eigenvalue weighted by molar-refractivity contribution is 0.616. The van der Waals surface area contributed by atoms with Gasteiger partial charge in [0.1, 0.15) is 11.6 Å². The van der Waals surface area contributed by atoms with E-state index in [2.05, 4.69) is 22.3 Å². The van der Waals surface area contributed by atoms with Gasteiger partial charge in [0.15, 0.2) is 5.65 Å². The molecule has 0 bridgehead atoms. The molecule has 0 aliphatic carbocycles. The molecule has 6 heteroatoms. The first-order chi connectivity index (χ1) is 14.0. The first-order valence-corrected chi connectivity index (χ1v) is 9.78. The van der Waals surface area contributed by atoms with Gasteiger partial charge in [0.25, 0.3) is 0 Å². The lowest BCUT2D eigenvalue weighted by atomic mass is 9.99. The van der Waals surface area contributed by atoms with Crippen LogP contribution in [0.4, 0.5) is 10.2 Å². The summed E-state index contributed by atoms with van der Waals surface area (Å²) in [7, 11) is 0. The molecular formula is C23H24FN5. The summed E-state index contributed by atoms with van der Waals surface area (Å²) in [5.41, 5.74) is 7.65. The molecule has 1 aromatic carbocycles. The predicted molar refractivity (Wildman–Crippen MR) is 113 cm³/mol. The summed E-state index contributed by atoms with van der Waals surface area (Å²) in [5, 5.41) is 12.8. The van der Waals surface area contributed by atoms with E-state index in [0.29, 0.717) is 23.3 Å². The van der Waals surface area contributed by atoms with Crippen molar-refractivity contribution in [2.24, 2.45) is 0 Å². The number of aryl methyl sites for hydroxylation is 1. The topological polar surface area (TPSA) is 57.3 Å². The van der Waals surface area contributed by atoms with Crippen LogP contribution < -0.4 is 4.90 Å². The smallest absolute Gasteiger partial charge is 0.166 e. The number of hydrogen-bond donors (Lipinski definition) is 1. The minimum Gasteiger partial charge on any atom is -0.349 e. The number of allylic oxidation sites excluding steroid dienone is 1. The van der Waals surface area contributed by atoms with Crippen molar-refractivity contribution in [2.45, 2.75) is 39.2 Å². The normalized spacial score (nSPS) is 16.2. The van der Waals surface area contributed by atoms with Crippen molar-refractivity contribution in [3.05, 3.63) is 77.0 Å². The fourth-order valence-corrected chi connectivity index (χ4v) is 3.99. The number of halogens is 1. The molecule has 4 rings (SSSR count). The van der Waals surface area contributed by atoms with Crippen molar-refractivity contribution in [1.82, 2.24) is 14.6 Å². The zero-order valence-corrected chi connectivity index (χ0v) is 16.7. The number of rotatable bonds is 5. The van der Waals surface area contributed by atoms with Gasteiger partial charge in [0.2, 0.25) is 0 Å². The molecule has 1 fully saturated rings. The van der Waals surface area contributed by atoms with Crippen molar-refractivity contribution in [3.63, 3.8) is 0 Å². The summed E-state index contributed by atoms with van der Waals surface area (Å²) in [6, 6.07) is 7.02. The van der Waals surface area contributed by atoms with Crippen LogP contribution in [0.25, 0.3) is 5.65 Å². The van der Waals surface area contributed by atoms with Crippen molar-refractivity contribution in [1.29, 1.82) is 5.41 Å². The maximum absolute atomic E-state index is 13.9. The molecule has 29 heavy (non-hydrogen) atoms. The SMILES string of the molecule is C=C=C(C)CC(=N)c1cnn2ccc(N3CCC[C@@H]3c3cc(F)ccc3C)nc12. The Labute approximate surface area is 169 Å². The zero-order valence-electron chi connectivity index (χ0n) is 16.7. The summed E-state index contributed by atoms with van der Waals surface area (Å²) >= 11 is 0. The second-order valence-corrected chi connectivity index (χ2v) is 7.58. The highest BCUT2D eigenvalue weighted by atomic mass is 19.1. The molecule has 148 valence electrons. The molecule has 3 aromatic rings. The van der Waals surface area contributed by atoms with Gasteiger partial charge < -0.3 is 10.3 Å². The van der Waals surface area contributed by atoms with Gasteiger partial charge in [0, 0.05) is 24.9 Å². The Bertz CT molecular complexity index is 1140. The van der Waals surface area contributed by atoms with Crippen LogP contribution in [0.3, 0.4) is 0 Å². The fourth-order valence-electron chi connectivity index (χ4n) is 3.99. The third kappa shape index (κ3) is 3.59. The molecule has 1 aliphatic rings. The van der Waals surface area contributed by atoms with Gasteiger partial charge in [-0.2, -0.15) is 5.10 Å². The second-order valence-electron chi connectivity index (χ2n) is 7.58. The summed E-state index contributed by atoms with van der Waals surface area (Å²) in [6.07, 6.45) is 6.01. The standard InChI is InChI=1S/C23H24FN5/c1-4-15(2)12-20(25)19-14-26-29-11-9-22(27-23(19)29)28-10-5-6-21(28)18-13-17(24)8-7-16(18)3/h7-9,11,13-14,21,25H,1,5-6,10,12H2,2-3H3/t21-/m1/s1. The van der Waals surface area contributed by atoms with Crippen molar-refractivity contribution >= 4 is 17.2 Å². The van der Waals surface area contributed by atoms with Gasteiger partial charge in [-0.25, -0.2) is 13.9 Å². The van der Waals surface area contributed by atoms with Crippen LogP contribution in [-0.2, 0) is 0 Å². The first kappa shape index (κ1) is 19.1. The maximum atomic E-state index is 13.9. The van der Waals surface area contributed by atoms with E-state index in [9.17, 15) is 4.39 Å². The van der Waals surface area contributed by atoms with Crippen LogP contribution in [0.2, 0.25) is 0 Å². The second kappa shape index (κ2) is 7.64. The van der Waals surface area contributed by atoms with Crippen LogP contribution in [0.1, 0.15) is 48.9 Å². The molecule has 1 aliphatic heterocycles. The molecular weight excluding hydrogens is 365 g/mol. The Balaban J connectivity index is 1.72. The molecule has 0 saturated carbocycles. The average molecular weight is 389 g/mol. The number of hydrogen-bond acceptors (Lipinski definition) is 4. The monoisotopic (exact) mass is 389 g/mol. The molecule has 3 heterocycles. The van der Waals surface area contributed by atoms with Crippen molar-refractivity contribution in [2.75, 3.05) is 11.4 Å². The first-order valence-electron chi connectivity index (χ1n) is 9.78. The van der Waals surface area contributed by atoms with Crippen LogP contribution in [0.15, 0.2) is 54.5 Å². The number of nitrogens with one attached hydrogen (secondary N) is 1. The molecule has 0 radical (unpaired) electrons. The molecule has 2 aromatic heterocycles. The number of aromatic nitrogens is 3. The van der Waals surface area contributed by atoms with E-state index in [1.165, 1.54) is 6.07 Å². The Hall–Kier alpha value is -3.24. The van der Waals surface area contributed by atoms with Crippen LogP contribution in [0.5, 0.6) is 0 Å². The Kier molecular flexibility index (Phi) is 5.03. The van der Waals surface area contributed by atoms with E-state index in [4.69, 9.17) is 10.4 Å². The molecule has 0 amide bonds. The molecule has 1 N–H and O–H groups in total. The highest BCUT2D eigenvalue weighted by Crippen LogP contribution is 2.37. The molecule has 0 spiro atoms. The third-order valence-electron chi connectivity index (χ3n) is 5.57. The maximum Gasteiger partial charge on any atom is 0.166 e. The van der Waals surface area contributed by atoms with E-state index in [1.807, 2.05) is 32.2 Å². The van der Waals surface area contributed by atoms with Gasteiger partial charge in [-0.3, -0.25) is 0 Å². The highest BCUT2D eigenvalue weighted by molar-refractivity contribution is 6.04. The van der Waals surface area contributed by atoms with Crippen LogP contribution in [0, 0.1) is 18.2 Å². The van der Waals surface area contributed by atoms with E-state index in [1.54, 1.807) is 16.8 Å². The Morgan fingerprint density at radius 3 is 3.00 bits per heavy atom. The fraction of sp³-hybridized carbons (Fsp3) is 0.304. The quantitative estimate of drug-likeness (QED) is 0.493. The summed E-state index contributed by atoms with van der Waals surface area (Å²) < 4.78 is 15.6. The molecule has 1 saturated heterocycles. The van der Waals surface area contributed by atoms with Gasteiger partial charge in [-0.05, 0) is 61.6 Å². The number of fused-ring (bicyclic) bond motifs is 1. The van der Waals surface area contributed by atoms with E-state index >= 15 is 0 Å². The minimum atomic E-state index is -0.210. The highest BCUT2D eigenvalue weighted by Gasteiger charge is 2.29. The Morgan fingerprint density at radius 1 is 1.38 bits per heavy atom. The largest absolute Gasteiger partial charge is 0.349 e. The van der Waals surface area contributed by atoms with Crippen LogP contribution >= 0.6 is 0 Å². The van der Waals surface area contributed by atoms with Gasteiger partial charge in [-0.15, -0.1) is 5.73 Å². The van der Waals surface area contributed by atoms with E-state index < -0.39 is 0 Å². The minimum absolute atomic E-state index is 0.0948. The number of anilines is 1. The zero-order chi connectivity index (χ0) is 20.5. The predicted octanol–water partition coefficient (Wildman–Crippen LogP) is 5.01. The van der Waals surface area contributed by atoms with E-state index in [-0.39, 0.29) is 11.9 Å². The lowest BCUT2D eigenvalue weighted by Crippen LogP contribution is -2.24. The van der Waals surface area contributed by atoms with Gasteiger partial charge >= 0.3 is 0 Å². The summed E-state index contributed by atoms with van der Waals surface area (Å²) in [4.78, 5) is 7.08. The van der Waals surface area contributed by atoms with Crippen molar-refractivity contribution < 1.29 is 4.39 Å². The molecule has 5 nitrogen and oxygen atoms in total.